The van der Waals surface area contributed by atoms with Crippen LogP contribution in [0.5, 0.6) is 0 Å². The fourth-order valence-corrected chi connectivity index (χ4v) is 3.35. The molecule has 0 radical (unpaired) electrons. The first-order chi connectivity index (χ1) is 14.5. The molecule has 1 atom stereocenters. The number of hydrogen-bond acceptors (Lipinski definition) is 5. The smallest absolute Gasteiger partial charge is 0.355 e. The quantitative estimate of drug-likeness (QED) is 0.425. The molecule has 2 aromatic rings. The third-order valence-corrected chi connectivity index (χ3v) is 4.92. The number of carbonyl (C=O) groups excluding carboxylic acids is 3. The molecule has 1 aliphatic rings. The number of benzene rings is 2. The summed E-state index contributed by atoms with van der Waals surface area (Å²) in [5, 5.41) is 9.68. The molecule has 4 amide bonds. The lowest BCUT2D eigenvalue weighted by molar-refractivity contribution is -0.137. The fourth-order valence-electron chi connectivity index (χ4n) is 3.00. The number of nitrogens with one attached hydrogen (secondary N) is 1. The molecule has 12 heteroatoms. The molecule has 1 saturated heterocycles. The van der Waals surface area contributed by atoms with Crippen molar-refractivity contribution in [2.24, 2.45) is 0 Å². The first-order valence-corrected chi connectivity index (χ1v) is 9.01. The second kappa shape index (κ2) is 7.92. The van der Waals surface area contributed by atoms with E-state index in [-0.39, 0.29) is 11.3 Å². The Balaban J connectivity index is 2.03. The Bertz CT molecular complexity index is 1150. The Hall–Kier alpha value is -3.59. The number of thiol groups is 1. The molecular weight excluding hydrogens is 440 g/mol. The number of carbonyl (C=O) groups is 3. The van der Waals surface area contributed by atoms with Crippen LogP contribution >= 0.6 is 12.6 Å². The second-order valence-corrected chi connectivity index (χ2v) is 6.77. The van der Waals surface area contributed by atoms with E-state index >= 15 is 0 Å². The van der Waals surface area contributed by atoms with Crippen LogP contribution in [0.1, 0.15) is 21.5 Å². The maximum absolute atomic E-state index is 14.3. The van der Waals surface area contributed by atoms with Gasteiger partial charge in [-0.05, 0) is 36.4 Å². The summed E-state index contributed by atoms with van der Waals surface area (Å²) in [6, 6.07) is 5.82. The molecule has 1 aliphatic heterocycles. The molecule has 160 valence electrons. The summed E-state index contributed by atoms with van der Waals surface area (Å²) >= 11 is 4.04. The first kappa shape index (κ1) is 22.1. The molecule has 1 N–H and O–H groups in total. The van der Waals surface area contributed by atoms with E-state index in [0.29, 0.717) is 11.0 Å². The standard InChI is InChI=1S/C19H12F4N4O3S/c1-25-15(28)12-5-4-11(7-14(12)20)27-17(31)16(29)26(18(27)30)10-3-2-9(8-24)13(6-10)19(21,22)23/h2-7,17,31H,1H3,(H,25,28). The van der Waals surface area contributed by atoms with E-state index in [1.165, 1.54) is 19.2 Å². The lowest BCUT2D eigenvalue weighted by Gasteiger charge is -2.20. The van der Waals surface area contributed by atoms with Crippen molar-refractivity contribution >= 4 is 41.8 Å². The van der Waals surface area contributed by atoms with E-state index in [1.807, 2.05) is 0 Å². The first-order valence-electron chi connectivity index (χ1n) is 8.49. The molecule has 7 nitrogen and oxygen atoms in total. The molecule has 0 aromatic heterocycles. The van der Waals surface area contributed by atoms with E-state index in [0.717, 1.165) is 29.2 Å². The number of halogens is 4. The SMILES string of the molecule is CNC(=O)c1ccc(N2C(=O)N(c3ccc(C#N)c(C(F)(F)F)c3)C(=O)C2S)cc1F. The minimum Gasteiger partial charge on any atom is -0.355 e. The zero-order chi connectivity index (χ0) is 23.1. The highest BCUT2D eigenvalue weighted by Crippen LogP contribution is 2.37. The minimum atomic E-state index is -4.90. The normalized spacial score (nSPS) is 16.5. The maximum Gasteiger partial charge on any atom is 0.417 e. The number of alkyl halides is 3. The zero-order valence-corrected chi connectivity index (χ0v) is 16.5. The Morgan fingerprint density at radius 1 is 1.16 bits per heavy atom. The number of imide groups is 1. The number of nitriles is 1. The average molecular weight is 452 g/mol. The number of amides is 4. The van der Waals surface area contributed by atoms with Gasteiger partial charge in [0.15, 0.2) is 5.37 Å². The molecule has 31 heavy (non-hydrogen) atoms. The molecule has 0 saturated carbocycles. The molecule has 2 aromatic carbocycles. The maximum atomic E-state index is 14.3. The highest BCUT2D eigenvalue weighted by atomic mass is 32.1. The van der Waals surface area contributed by atoms with Crippen molar-refractivity contribution in [2.75, 3.05) is 16.8 Å². The average Bonchev–Trinajstić information content (AvgIpc) is 2.94. The summed E-state index contributed by atoms with van der Waals surface area (Å²) in [5.41, 5.74) is -2.86. The van der Waals surface area contributed by atoms with E-state index in [4.69, 9.17) is 5.26 Å². The summed E-state index contributed by atoms with van der Waals surface area (Å²) < 4.78 is 54.1. The van der Waals surface area contributed by atoms with Gasteiger partial charge in [0, 0.05) is 7.05 Å². The summed E-state index contributed by atoms with van der Waals surface area (Å²) in [5.74, 6) is -2.66. The Labute approximate surface area is 178 Å². The third-order valence-electron chi connectivity index (χ3n) is 4.47. The number of hydrogen-bond donors (Lipinski definition) is 2. The molecular formula is C19H12F4N4O3S. The van der Waals surface area contributed by atoms with Crippen LogP contribution < -0.4 is 15.1 Å². The molecule has 1 heterocycles. The Kier molecular flexibility index (Phi) is 5.64. The Morgan fingerprint density at radius 3 is 2.35 bits per heavy atom. The summed E-state index contributed by atoms with van der Waals surface area (Å²) in [6.45, 7) is 0. The van der Waals surface area contributed by atoms with Gasteiger partial charge in [-0.1, -0.05) is 0 Å². The number of rotatable bonds is 3. The second-order valence-electron chi connectivity index (χ2n) is 6.28. The van der Waals surface area contributed by atoms with Gasteiger partial charge in [0.2, 0.25) is 0 Å². The largest absolute Gasteiger partial charge is 0.417 e. The van der Waals surface area contributed by atoms with Gasteiger partial charge in [0.1, 0.15) is 5.82 Å². The van der Waals surface area contributed by atoms with E-state index in [1.54, 1.807) is 0 Å². The van der Waals surface area contributed by atoms with Crippen molar-refractivity contribution in [1.82, 2.24) is 5.32 Å². The molecule has 0 spiro atoms. The molecule has 3 rings (SSSR count). The van der Waals surface area contributed by atoms with Gasteiger partial charge in [0.25, 0.3) is 11.8 Å². The van der Waals surface area contributed by atoms with Gasteiger partial charge < -0.3 is 5.32 Å². The zero-order valence-electron chi connectivity index (χ0n) is 15.6. The van der Waals surface area contributed by atoms with Crippen molar-refractivity contribution < 1.29 is 31.9 Å². The highest BCUT2D eigenvalue weighted by molar-refractivity contribution is 7.82. The van der Waals surface area contributed by atoms with Crippen molar-refractivity contribution in [3.8, 4) is 6.07 Å². The van der Waals surface area contributed by atoms with Crippen LogP contribution in [0.4, 0.5) is 33.7 Å². The number of anilines is 2. The Morgan fingerprint density at radius 2 is 1.81 bits per heavy atom. The van der Waals surface area contributed by atoms with Gasteiger partial charge in [-0.15, -0.1) is 12.6 Å². The van der Waals surface area contributed by atoms with Crippen LogP contribution in [0.15, 0.2) is 36.4 Å². The number of nitrogens with zero attached hydrogens (tertiary/aromatic N) is 3. The van der Waals surface area contributed by atoms with Crippen LogP contribution in [0, 0.1) is 17.1 Å². The van der Waals surface area contributed by atoms with Crippen LogP contribution in [0.25, 0.3) is 0 Å². The van der Waals surface area contributed by atoms with Gasteiger partial charge in [-0.2, -0.15) is 18.4 Å². The van der Waals surface area contributed by atoms with Crippen molar-refractivity contribution in [1.29, 1.82) is 5.26 Å². The van der Waals surface area contributed by atoms with E-state index in [2.05, 4.69) is 17.9 Å². The van der Waals surface area contributed by atoms with E-state index in [9.17, 15) is 31.9 Å². The van der Waals surface area contributed by atoms with Crippen LogP contribution in [0.3, 0.4) is 0 Å². The lowest BCUT2D eigenvalue weighted by atomic mass is 10.1. The molecule has 1 unspecified atom stereocenters. The van der Waals surface area contributed by atoms with Gasteiger partial charge >= 0.3 is 12.2 Å². The van der Waals surface area contributed by atoms with E-state index < -0.39 is 52.0 Å². The lowest BCUT2D eigenvalue weighted by Crippen LogP contribution is -2.34. The van der Waals surface area contributed by atoms with Crippen molar-refractivity contribution in [3.63, 3.8) is 0 Å². The third kappa shape index (κ3) is 3.79. The van der Waals surface area contributed by atoms with Crippen LogP contribution in [-0.2, 0) is 11.0 Å². The van der Waals surface area contributed by atoms with Gasteiger partial charge in [-0.25, -0.2) is 14.1 Å². The summed E-state index contributed by atoms with van der Waals surface area (Å²) in [4.78, 5) is 38.3. The molecule has 0 aliphatic carbocycles. The topological polar surface area (TPSA) is 93.5 Å². The fraction of sp³-hybridized carbons (Fsp3) is 0.158. The van der Waals surface area contributed by atoms with Gasteiger partial charge in [0.05, 0.1) is 34.1 Å². The minimum absolute atomic E-state index is 0.129. The predicted molar refractivity (Wildman–Crippen MR) is 104 cm³/mol. The summed E-state index contributed by atoms with van der Waals surface area (Å²) in [7, 11) is 1.30. The highest BCUT2D eigenvalue weighted by Gasteiger charge is 2.46. The van der Waals surface area contributed by atoms with Crippen molar-refractivity contribution in [2.45, 2.75) is 11.6 Å². The van der Waals surface area contributed by atoms with Crippen LogP contribution in [-0.4, -0.2) is 30.3 Å². The predicted octanol–water partition coefficient (Wildman–Crippen LogP) is 3.30. The number of urea groups is 1. The van der Waals surface area contributed by atoms with Crippen LogP contribution in [0.2, 0.25) is 0 Å². The van der Waals surface area contributed by atoms with Gasteiger partial charge in [-0.3, -0.25) is 14.5 Å². The summed E-state index contributed by atoms with van der Waals surface area (Å²) in [6.07, 6.45) is -4.90. The molecule has 0 bridgehead atoms. The monoisotopic (exact) mass is 452 g/mol. The van der Waals surface area contributed by atoms with Crippen molar-refractivity contribution in [3.05, 3.63) is 58.9 Å². The molecule has 1 fully saturated rings.